The van der Waals surface area contributed by atoms with Crippen LogP contribution in [-0.2, 0) is 14.3 Å². The lowest BCUT2D eigenvalue weighted by Crippen LogP contribution is -2.60. The largest absolute Gasteiger partial charge is 0.394 e. The molecule has 7 unspecified atom stereocenters. The minimum Gasteiger partial charge on any atom is -0.394 e. The summed E-state index contributed by atoms with van der Waals surface area (Å²) in [5.74, 6) is -0.184. The zero-order valence-electron chi connectivity index (χ0n) is 41.1. The topological polar surface area (TPSA) is 149 Å². The van der Waals surface area contributed by atoms with Crippen molar-refractivity contribution >= 4 is 5.91 Å². The minimum absolute atomic E-state index is 0.184. The third-order valence-corrected chi connectivity index (χ3v) is 13.0. The average molecular weight is 894 g/mol. The first-order valence-electron chi connectivity index (χ1n) is 27.1. The number of allylic oxidation sites excluding steroid dienone is 3. The van der Waals surface area contributed by atoms with Gasteiger partial charge in [-0.3, -0.25) is 4.79 Å². The molecule has 0 aromatic carbocycles. The number of unbranched alkanes of at least 4 members (excludes halogenated alkanes) is 34. The Morgan fingerprint density at radius 3 is 1.33 bits per heavy atom. The molecule has 9 heteroatoms. The van der Waals surface area contributed by atoms with Gasteiger partial charge in [-0.1, -0.05) is 244 Å². The number of amides is 1. The molecule has 9 nitrogen and oxygen atoms in total. The van der Waals surface area contributed by atoms with E-state index in [1.54, 1.807) is 6.08 Å². The molecule has 1 fully saturated rings. The molecule has 0 radical (unpaired) electrons. The Morgan fingerprint density at radius 2 is 0.905 bits per heavy atom. The molecule has 1 heterocycles. The monoisotopic (exact) mass is 894 g/mol. The van der Waals surface area contributed by atoms with Crippen LogP contribution in [0.15, 0.2) is 24.3 Å². The van der Waals surface area contributed by atoms with E-state index in [9.17, 15) is 30.3 Å². The Hall–Kier alpha value is -1.33. The summed E-state index contributed by atoms with van der Waals surface area (Å²) in [6, 6.07) is -0.816. The zero-order valence-corrected chi connectivity index (χ0v) is 41.1. The molecule has 7 atom stereocenters. The lowest BCUT2D eigenvalue weighted by Gasteiger charge is -2.40. The molecule has 1 aliphatic heterocycles. The standard InChI is InChI=1S/C54H103NO8/c1-3-5-7-9-11-13-15-16-17-18-19-20-21-22-23-24-25-26-27-28-29-30-31-32-33-34-36-38-40-42-44-50(58)55-47(46-62-54-53(61)52(60)51(59)49(45-56)63-54)48(57)43-41-39-37-35-14-12-10-8-6-4-2/h14,35,41,43,47-49,51-54,56-57,59-61H,3-13,15-34,36-40,42,44-46H2,1-2H3,(H,55,58)/b35-14+,43-41+. The van der Waals surface area contributed by atoms with Gasteiger partial charge in [-0.25, -0.2) is 0 Å². The number of hydrogen-bond acceptors (Lipinski definition) is 8. The Balaban J connectivity index is 2.10. The maximum absolute atomic E-state index is 13.0. The molecular weight excluding hydrogens is 791 g/mol. The normalized spacial score (nSPS) is 20.3. The number of ether oxygens (including phenoxy) is 2. The maximum atomic E-state index is 13.0. The van der Waals surface area contributed by atoms with E-state index < -0.39 is 49.5 Å². The second-order valence-electron chi connectivity index (χ2n) is 19.0. The maximum Gasteiger partial charge on any atom is 0.220 e. The van der Waals surface area contributed by atoms with Crippen LogP contribution in [0.25, 0.3) is 0 Å². The molecular formula is C54H103NO8. The van der Waals surface area contributed by atoms with Gasteiger partial charge in [-0.05, 0) is 32.1 Å². The van der Waals surface area contributed by atoms with Gasteiger partial charge in [0.05, 0.1) is 25.4 Å². The van der Waals surface area contributed by atoms with Gasteiger partial charge in [0.15, 0.2) is 6.29 Å². The summed E-state index contributed by atoms with van der Waals surface area (Å²) < 4.78 is 11.2. The van der Waals surface area contributed by atoms with E-state index >= 15 is 0 Å². The second kappa shape index (κ2) is 44.5. The van der Waals surface area contributed by atoms with Crippen LogP contribution in [0.4, 0.5) is 0 Å². The SMILES string of the molecule is CCCCCC/C=C/CC/C=C/C(O)C(COC1OC(CO)C(O)C(O)C1O)NC(=O)CCCCCCCCCCCCCCCCCCCCCCCCCCCCCCCC. The summed E-state index contributed by atoms with van der Waals surface area (Å²) in [6.45, 7) is 3.74. The molecule has 1 rings (SSSR count). The van der Waals surface area contributed by atoms with Crippen LogP contribution < -0.4 is 5.32 Å². The number of carbonyl (C=O) groups excluding carboxylic acids is 1. The van der Waals surface area contributed by atoms with Gasteiger partial charge >= 0.3 is 0 Å². The average Bonchev–Trinajstić information content (AvgIpc) is 3.28. The first-order chi connectivity index (χ1) is 30.8. The van der Waals surface area contributed by atoms with Crippen molar-refractivity contribution in [2.75, 3.05) is 13.2 Å². The fourth-order valence-corrected chi connectivity index (χ4v) is 8.70. The summed E-state index contributed by atoms with van der Waals surface area (Å²) in [7, 11) is 0. The van der Waals surface area contributed by atoms with Crippen LogP contribution >= 0.6 is 0 Å². The highest BCUT2D eigenvalue weighted by molar-refractivity contribution is 5.76. The highest BCUT2D eigenvalue weighted by atomic mass is 16.7. The third kappa shape index (κ3) is 34.6. The van der Waals surface area contributed by atoms with Gasteiger partial charge in [0.1, 0.15) is 24.4 Å². The molecule has 372 valence electrons. The van der Waals surface area contributed by atoms with Crippen molar-refractivity contribution in [2.45, 2.75) is 301 Å². The van der Waals surface area contributed by atoms with Crippen molar-refractivity contribution in [3.8, 4) is 0 Å². The van der Waals surface area contributed by atoms with Crippen LogP contribution in [0.5, 0.6) is 0 Å². The lowest BCUT2D eigenvalue weighted by atomic mass is 9.99. The van der Waals surface area contributed by atoms with Gasteiger partial charge in [-0.15, -0.1) is 0 Å². The molecule has 0 aromatic heterocycles. The highest BCUT2D eigenvalue weighted by Gasteiger charge is 2.44. The number of nitrogens with one attached hydrogen (secondary N) is 1. The summed E-state index contributed by atoms with van der Waals surface area (Å²) in [6.07, 6.45) is 48.5. The summed E-state index contributed by atoms with van der Waals surface area (Å²) >= 11 is 0. The fraction of sp³-hybridized carbons (Fsp3) is 0.907. The van der Waals surface area contributed by atoms with E-state index in [2.05, 4.69) is 31.3 Å². The van der Waals surface area contributed by atoms with Crippen LogP contribution in [0, 0.1) is 0 Å². The van der Waals surface area contributed by atoms with E-state index in [0.717, 1.165) is 38.5 Å². The van der Waals surface area contributed by atoms with Crippen LogP contribution in [-0.4, -0.2) is 87.5 Å². The number of aliphatic hydroxyl groups excluding tert-OH is 5. The molecule has 6 N–H and O–H groups in total. The number of carbonyl (C=O) groups is 1. The fourth-order valence-electron chi connectivity index (χ4n) is 8.70. The Bertz CT molecular complexity index is 1040. The molecule has 0 saturated carbocycles. The Morgan fingerprint density at radius 1 is 0.524 bits per heavy atom. The second-order valence-corrected chi connectivity index (χ2v) is 19.0. The van der Waals surface area contributed by atoms with Crippen LogP contribution in [0.2, 0.25) is 0 Å². The highest BCUT2D eigenvalue weighted by Crippen LogP contribution is 2.23. The van der Waals surface area contributed by atoms with Crippen molar-refractivity contribution in [1.29, 1.82) is 0 Å². The third-order valence-electron chi connectivity index (χ3n) is 13.0. The van der Waals surface area contributed by atoms with E-state index in [1.165, 1.54) is 199 Å². The lowest BCUT2D eigenvalue weighted by molar-refractivity contribution is -0.302. The smallest absolute Gasteiger partial charge is 0.220 e. The molecule has 0 aliphatic carbocycles. The Labute approximate surface area is 388 Å². The van der Waals surface area contributed by atoms with Crippen molar-refractivity contribution in [3.63, 3.8) is 0 Å². The van der Waals surface area contributed by atoms with Gasteiger partial charge < -0.3 is 40.3 Å². The van der Waals surface area contributed by atoms with E-state index in [-0.39, 0.29) is 12.5 Å². The first kappa shape index (κ1) is 59.7. The quantitative estimate of drug-likeness (QED) is 0.0261. The van der Waals surface area contributed by atoms with Crippen LogP contribution in [0.1, 0.15) is 258 Å². The van der Waals surface area contributed by atoms with Crippen molar-refractivity contribution < 1.29 is 39.8 Å². The van der Waals surface area contributed by atoms with Crippen molar-refractivity contribution in [2.24, 2.45) is 0 Å². The van der Waals surface area contributed by atoms with E-state index in [4.69, 9.17) is 9.47 Å². The van der Waals surface area contributed by atoms with Crippen molar-refractivity contribution in [1.82, 2.24) is 5.32 Å². The zero-order chi connectivity index (χ0) is 45.9. The number of rotatable bonds is 46. The molecule has 1 saturated heterocycles. The molecule has 0 bridgehead atoms. The summed E-state index contributed by atoms with van der Waals surface area (Å²) in [5.41, 5.74) is 0. The van der Waals surface area contributed by atoms with Gasteiger partial charge in [-0.2, -0.15) is 0 Å². The van der Waals surface area contributed by atoms with Crippen LogP contribution in [0.3, 0.4) is 0 Å². The Kier molecular flexibility index (Phi) is 42.2. The van der Waals surface area contributed by atoms with Gasteiger partial charge in [0.25, 0.3) is 0 Å². The number of aliphatic hydroxyl groups is 5. The molecule has 0 spiro atoms. The van der Waals surface area contributed by atoms with Crippen molar-refractivity contribution in [3.05, 3.63) is 24.3 Å². The van der Waals surface area contributed by atoms with E-state index in [0.29, 0.717) is 6.42 Å². The number of hydrogen-bond donors (Lipinski definition) is 6. The predicted molar refractivity (Wildman–Crippen MR) is 263 cm³/mol. The predicted octanol–water partition coefficient (Wildman–Crippen LogP) is 12.6. The first-order valence-corrected chi connectivity index (χ1v) is 27.1. The summed E-state index contributed by atoms with van der Waals surface area (Å²) in [4.78, 5) is 13.0. The summed E-state index contributed by atoms with van der Waals surface area (Å²) in [5, 5.41) is 54.1. The molecule has 63 heavy (non-hydrogen) atoms. The molecule has 1 amide bonds. The minimum atomic E-state index is -1.57. The molecule has 0 aromatic rings. The van der Waals surface area contributed by atoms with Gasteiger partial charge in [0, 0.05) is 6.42 Å². The van der Waals surface area contributed by atoms with E-state index in [1.807, 2.05) is 6.08 Å². The van der Waals surface area contributed by atoms with Gasteiger partial charge in [0.2, 0.25) is 5.91 Å². The molecule has 1 aliphatic rings.